The molecule has 2 aromatic rings. The van der Waals surface area contributed by atoms with Crippen LogP contribution in [0, 0.1) is 10.5 Å². The molecule has 0 spiro atoms. The highest BCUT2D eigenvalue weighted by Crippen LogP contribution is 2.17. The fourth-order valence-electron chi connectivity index (χ4n) is 1.85. The molecule has 6 nitrogen and oxygen atoms in total. The number of hydrogen-bond acceptors (Lipinski definition) is 4. The maximum atomic E-state index is 11.9. The summed E-state index contributed by atoms with van der Waals surface area (Å²) in [6, 6.07) is 5.29. The molecule has 3 N–H and O–H groups in total. The Morgan fingerprint density at radius 2 is 2.24 bits per heavy atom. The van der Waals surface area contributed by atoms with Crippen molar-refractivity contribution in [3.05, 3.63) is 50.2 Å². The van der Waals surface area contributed by atoms with Gasteiger partial charge in [0, 0.05) is 30.5 Å². The third kappa shape index (κ3) is 4.03. The lowest BCUT2D eigenvalue weighted by Crippen LogP contribution is -2.25. The van der Waals surface area contributed by atoms with Crippen molar-refractivity contribution in [1.29, 1.82) is 0 Å². The van der Waals surface area contributed by atoms with E-state index in [1.54, 1.807) is 18.2 Å². The summed E-state index contributed by atoms with van der Waals surface area (Å²) in [6.07, 6.45) is 3.13. The van der Waals surface area contributed by atoms with Gasteiger partial charge in [0.05, 0.1) is 9.90 Å². The average molecular weight is 398 g/mol. The van der Waals surface area contributed by atoms with Crippen LogP contribution < -0.4 is 16.6 Å². The van der Waals surface area contributed by atoms with Gasteiger partial charge < -0.3 is 11.1 Å². The van der Waals surface area contributed by atoms with E-state index in [1.807, 2.05) is 29.5 Å². The SMILES string of the molecule is Cc1cc(N)ccc1NC(=O)CCn1cncc(I)c1=O. The van der Waals surface area contributed by atoms with Crippen LogP contribution in [0.3, 0.4) is 0 Å². The molecule has 0 aliphatic rings. The second-order valence-electron chi connectivity index (χ2n) is 4.61. The van der Waals surface area contributed by atoms with Gasteiger partial charge in [-0.05, 0) is 53.3 Å². The van der Waals surface area contributed by atoms with E-state index >= 15 is 0 Å². The van der Waals surface area contributed by atoms with Gasteiger partial charge >= 0.3 is 0 Å². The number of anilines is 2. The lowest BCUT2D eigenvalue weighted by molar-refractivity contribution is -0.116. The van der Waals surface area contributed by atoms with E-state index < -0.39 is 0 Å². The van der Waals surface area contributed by atoms with E-state index in [1.165, 1.54) is 17.1 Å². The number of carbonyl (C=O) groups is 1. The Hall–Kier alpha value is -1.90. The van der Waals surface area contributed by atoms with Crippen molar-refractivity contribution < 1.29 is 4.79 Å². The second kappa shape index (κ2) is 6.70. The smallest absolute Gasteiger partial charge is 0.266 e. The van der Waals surface area contributed by atoms with Gasteiger partial charge in [-0.3, -0.25) is 14.2 Å². The van der Waals surface area contributed by atoms with Crippen LogP contribution in [0.5, 0.6) is 0 Å². The first-order valence-corrected chi connectivity index (χ1v) is 7.41. The molecule has 0 bridgehead atoms. The van der Waals surface area contributed by atoms with E-state index in [0.717, 1.165) is 11.3 Å². The zero-order chi connectivity index (χ0) is 15.4. The molecule has 0 saturated carbocycles. The minimum Gasteiger partial charge on any atom is -0.399 e. The number of rotatable bonds is 4. The van der Waals surface area contributed by atoms with Crippen LogP contribution in [-0.2, 0) is 11.3 Å². The van der Waals surface area contributed by atoms with Crippen LogP contribution in [0.2, 0.25) is 0 Å². The normalized spacial score (nSPS) is 10.4. The molecule has 0 aliphatic carbocycles. The van der Waals surface area contributed by atoms with Gasteiger partial charge in [-0.15, -0.1) is 0 Å². The lowest BCUT2D eigenvalue weighted by atomic mass is 10.2. The van der Waals surface area contributed by atoms with Crippen LogP contribution in [0.15, 0.2) is 35.5 Å². The number of halogens is 1. The van der Waals surface area contributed by atoms with Gasteiger partial charge in [-0.1, -0.05) is 0 Å². The van der Waals surface area contributed by atoms with E-state index in [-0.39, 0.29) is 17.9 Å². The first kappa shape index (κ1) is 15.5. The molecule has 0 atom stereocenters. The van der Waals surface area contributed by atoms with Gasteiger partial charge in [-0.25, -0.2) is 4.98 Å². The molecule has 0 unspecified atom stereocenters. The maximum Gasteiger partial charge on any atom is 0.266 e. The molecule has 1 amide bonds. The van der Waals surface area contributed by atoms with E-state index in [2.05, 4.69) is 10.3 Å². The van der Waals surface area contributed by atoms with Crippen LogP contribution in [0.4, 0.5) is 11.4 Å². The minimum absolute atomic E-state index is 0.137. The first-order valence-electron chi connectivity index (χ1n) is 6.33. The van der Waals surface area contributed by atoms with Crippen molar-refractivity contribution in [2.75, 3.05) is 11.1 Å². The molecule has 21 heavy (non-hydrogen) atoms. The quantitative estimate of drug-likeness (QED) is 0.607. The Balaban J connectivity index is 1.99. The fourth-order valence-corrected chi connectivity index (χ4v) is 2.32. The molecular formula is C14H15IN4O2. The van der Waals surface area contributed by atoms with E-state index in [0.29, 0.717) is 15.8 Å². The van der Waals surface area contributed by atoms with Gasteiger partial charge in [0.25, 0.3) is 5.56 Å². The number of aromatic nitrogens is 2. The number of nitrogens with two attached hydrogens (primary N) is 1. The first-order chi connectivity index (χ1) is 9.97. The lowest BCUT2D eigenvalue weighted by Gasteiger charge is -2.09. The standard InChI is InChI=1S/C14H15IN4O2/c1-9-6-10(16)2-3-12(9)18-13(20)4-5-19-8-17-7-11(15)14(19)21/h2-3,6-8H,4-5,16H2,1H3,(H,18,20). The summed E-state index contributed by atoms with van der Waals surface area (Å²) in [4.78, 5) is 27.7. The van der Waals surface area contributed by atoms with Crippen LogP contribution in [0.25, 0.3) is 0 Å². The number of amides is 1. The summed E-state index contributed by atoms with van der Waals surface area (Å²) in [5, 5.41) is 2.81. The summed E-state index contributed by atoms with van der Waals surface area (Å²) in [5.74, 6) is -0.159. The summed E-state index contributed by atoms with van der Waals surface area (Å²) >= 11 is 1.92. The monoisotopic (exact) mass is 398 g/mol. The van der Waals surface area contributed by atoms with Gasteiger partial charge in [0.2, 0.25) is 5.91 Å². The van der Waals surface area contributed by atoms with Gasteiger partial charge in [-0.2, -0.15) is 0 Å². The fraction of sp³-hybridized carbons (Fsp3) is 0.214. The Kier molecular flexibility index (Phi) is 4.94. The Morgan fingerprint density at radius 1 is 1.48 bits per heavy atom. The number of nitrogen functional groups attached to an aromatic ring is 1. The predicted molar refractivity (Wildman–Crippen MR) is 90.1 cm³/mol. The van der Waals surface area contributed by atoms with Crippen molar-refractivity contribution in [1.82, 2.24) is 9.55 Å². The van der Waals surface area contributed by atoms with E-state index in [9.17, 15) is 9.59 Å². The molecule has 0 radical (unpaired) electrons. The van der Waals surface area contributed by atoms with Crippen LogP contribution >= 0.6 is 22.6 Å². The zero-order valence-electron chi connectivity index (χ0n) is 11.5. The number of nitrogens with zero attached hydrogens (tertiary/aromatic N) is 2. The average Bonchev–Trinajstić information content (AvgIpc) is 2.43. The van der Waals surface area contributed by atoms with Gasteiger partial charge in [0.1, 0.15) is 0 Å². The Labute approximate surface area is 135 Å². The van der Waals surface area contributed by atoms with Crippen LogP contribution in [0.1, 0.15) is 12.0 Å². The third-order valence-electron chi connectivity index (χ3n) is 2.96. The summed E-state index contributed by atoms with van der Waals surface area (Å²) < 4.78 is 1.96. The largest absolute Gasteiger partial charge is 0.399 e. The molecule has 1 aromatic carbocycles. The molecule has 0 saturated heterocycles. The molecule has 0 aliphatic heterocycles. The van der Waals surface area contributed by atoms with Crippen LogP contribution in [-0.4, -0.2) is 15.5 Å². The molecular weight excluding hydrogens is 383 g/mol. The number of hydrogen-bond donors (Lipinski definition) is 2. The molecule has 1 aromatic heterocycles. The van der Waals surface area contributed by atoms with Crippen molar-refractivity contribution in [2.24, 2.45) is 0 Å². The Morgan fingerprint density at radius 3 is 2.95 bits per heavy atom. The maximum absolute atomic E-state index is 11.9. The zero-order valence-corrected chi connectivity index (χ0v) is 13.6. The summed E-state index contributed by atoms with van der Waals surface area (Å²) in [5.41, 5.74) is 7.81. The molecule has 7 heteroatoms. The van der Waals surface area contributed by atoms with Gasteiger partial charge in [0.15, 0.2) is 0 Å². The molecule has 1 heterocycles. The highest BCUT2D eigenvalue weighted by molar-refractivity contribution is 14.1. The number of nitrogens with one attached hydrogen (secondary N) is 1. The van der Waals surface area contributed by atoms with Crippen molar-refractivity contribution in [2.45, 2.75) is 19.9 Å². The Bertz CT molecular complexity index is 727. The van der Waals surface area contributed by atoms with E-state index in [4.69, 9.17) is 5.73 Å². The summed E-state index contributed by atoms with van der Waals surface area (Å²) in [7, 11) is 0. The topological polar surface area (TPSA) is 90.0 Å². The minimum atomic E-state index is -0.159. The summed E-state index contributed by atoms with van der Waals surface area (Å²) in [6.45, 7) is 2.17. The highest BCUT2D eigenvalue weighted by Gasteiger charge is 2.07. The third-order valence-corrected chi connectivity index (χ3v) is 3.70. The highest BCUT2D eigenvalue weighted by atomic mass is 127. The molecule has 110 valence electrons. The predicted octanol–water partition coefficient (Wildman–Crippen LogP) is 1.77. The van der Waals surface area contributed by atoms with Crippen molar-refractivity contribution in [3.8, 4) is 0 Å². The number of benzene rings is 1. The number of aryl methyl sites for hydroxylation is 2. The van der Waals surface area contributed by atoms with Crippen molar-refractivity contribution >= 4 is 39.9 Å². The van der Waals surface area contributed by atoms with Crippen molar-refractivity contribution in [3.63, 3.8) is 0 Å². The molecule has 0 fully saturated rings. The molecule has 2 rings (SSSR count). The number of carbonyl (C=O) groups excluding carboxylic acids is 1. The second-order valence-corrected chi connectivity index (χ2v) is 5.77.